The fourth-order valence-electron chi connectivity index (χ4n) is 3.17. The Bertz CT molecular complexity index is 784. The van der Waals surface area contributed by atoms with Crippen LogP contribution in [0.5, 0.6) is 5.75 Å². The van der Waals surface area contributed by atoms with Crippen molar-refractivity contribution in [2.75, 3.05) is 13.1 Å². The van der Waals surface area contributed by atoms with Crippen molar-refractivity contribution in [3.8, 4) is 5.75 Å². The van der Waals surface area contributed by atoms with Gasteiger partial charge in [0.2, 0.25) is 4.90 Å². The molecule has 148 valence electrons. The second-order valence-electron chi connectivity index (χ2n) is 6.64. The summed E-state index contributed by atoms with van der Waals surface area (Å²) in [6.07, 6.45) is -3.14. The Kier molecular flexibility index (Phi) is 5.73. The van der Waals surface area contributed by atoms with E-state index in [1.807, 2.05) is 25.2 Å². The van der Waals surface area contributed by atoms with Crippen LogP contribution in [0, 0.1) is 13.8 Å². The van der Waals surface area contributed by atoms with Crippen molar-refractivity contribution in [3.05, 3.63) is 41.2 Å². The molecule has 5 nitrogen and oxygen atoms in total. The van der Waals surface area contributed by atoms with Crippen LogP contribution in [0.4, 0.5) is 13.2 Å². The number of hydrogen-bond donors (Lipinski definition) is 0. The maximum Gasteiger partial charge on any atom is 0.416 e. The highest BCUT2D eigenvalue weighted by atomic mass is 32.2. The van der Waals surface area contributed by atoms with Crippen LogP contribution < -0.4 is 4.74 Å². The Morgan fingerprint density at radius 2 is 1.74 bits per heavy atom. The smallest absolute Gasteiger partial charge is 0.416 e. The molecule has 1 aromatic heterocycles. The Morgan fingerprint density at radius 1 is 1.15 bits per heavy atom. The van der Waals surface area contributed by atoms with Gasteiger partial charge >= 0.3 is 6.18 Å². The molecular weight excluding hydrogens is 379 g/mol. The minimum atomic E-state index is -4.35. The zero-order valence-corrected chi connectivity index (χ0v) is 16.2. The molecule has 2 aromatic rings. The van der Waals surface area contributed by atoms with Crippen LogP contribution in [0.3, 0.4) is 0 Å². The Hall–Kier alpha value is -1.71. The molecule has 0 radical (unpaired) electrons. The average Bonchev–Trinajstić information content (AvgIpc) is 2.87. The molecule has 3 rings (SSSR count). The first kappa shape index (κ1) is 20.0. The van der Waals surface area contributed by atoms with Crippen LogP contribution in [-0.4, -0.2) is 37.8 Å². The molecule has 1 fully saturated rings. The van der Waals surface area contributed by atoms with E-state index in [0.717, 1.165) is 28.4 Å². The van der Waals surface area contributed by atoms with Crippen LogP contribution in [0.1, 0.15) is 29.8 Å². The number of halogens is 3. The van der Waals surface area contributed by atoms with E-state index in [0.29, 0.717) is 31.7 Å². The van der Waals surface area contributed by atoms with Crippen LogP contribution in [0.2, 0.25) is 0 Å². The molecule has 1 aliphatic rings. The largest absolute Gasteiger partial charge is 0.593 e. The van der Waals surface area contributed by atoms with Gasteiger partial charge in [0, 0.05) is 33.0 Å². The standard InChI is InChI=1S/C18H22F3N3O2S/c1-12-17(13(2)23(3)22-12)27(25)24-10-8-16(9-11-24)26-15-6-4-14(5-7-15)18(19,20)21/h4-7,16H,8-11H2,1-3H3. The number of piperidine rings is 1. The van der Waals surface area contributed by atoms with Crippen molar-refractivity contribution < 1.29 is 22.5 Å². The lowest BCUT2D eigenvalue weighted by atomic mass is 10.1. The van der Waals surface area contributed by atoms with Crippen molar-refractivity contribution in [2.24, 2.45) is 7.05 Å². The molecule has 0 saturated carbocycles. The third kappa shape index (κ3) is 4.41. The van der Waals surface area contributed by atoms with E-state index in [1.165, 1.54) is 12.1 Å². The van der Waals surface area contributed by atoms with Gasteiger partial charge in [-0.05, 0) is 38.1 Å². The predicted molar refractivity (Wildman–Crippen MR) is 95.8 cm³/mol. The predicted octanol–water partition coefficient (Wildman–Crippen LogP) is 3.62. The Balaban J connectivity index is 1.57. The molecule has 1 atom stereocenters. The topological polar surface area (TPSA) is 53.3 Å². The van der Waals surface area contributed by atoms with Gasteiger partial charge in [0.25, 0.3) is 0 Å². The molecule has 1 unspecified atom stereocenters. The number of benzene rings is 1. The fraction of sp³-hybridized carbons (Fsp3) is 0.500. The van der Waals surface area contributed by atoms with Crippen molar-refractivity contribution in [1.29, 1.82) is 0 Å². The van der Waals surface area contributed by atoms with E-state index in [4.69, 9.17) is 4.74 Å². The number of alkyl halides is 3. The maximum absolute atomic E-state index is 12.9. The fourth-order valence-corrected chi connectivity index (χ4v) is 4.65. The van der Waals surface area contributed by atoms with E-state index in [9.17, 15) is 17.7 Å². The summed E-state index contributed by atoms with van der Waals surface area (Å²) in [6.45, 7) is 4.92. The Labute approximate surface area is 159 Å². The van der Waals surface area contributed by atoms with E-state index >= 15 is 0 Å². The number of rotatable bonds is 4. The lowest BCUT2D eigenvalue weighted by molar-refractivity contribution is -0.137. The summed E-state index contributed by atoms with van der Waals surface area (Å²) >= 11 is -1.28. The van der Waals surface area contributed by atoms with E-state index < -0.39 is 23.1 Å². The molecule has 9 heteroatoms. The third-order valence-corrected chi connectivity index (χ3v) is 6.51. The molecule has 1 saturated heterocycles. The highest BCUT2D eigenvalue weighted by Gasteiger charge is 2.34. The van der Waals surface area contributed by atoms with Gasteiger partial charge in [0.1, 0.15) is 17.5 Å². The maximum atomic E-state index is 12.9. The second-order valence-corrected chi connectivity index (χ2v) is 8.06. The lowest BCUT2D eigenvalue weighted by Gasteiger charge is -2.31. The summed E-state index contributed by atoms with van der Waals surface area (Å²) in [4.78, 5) is 0.750. The van der Waals surface area contributed by atoms with Crippen LogP contribution in [0.25, 0.3) is 0 Å². The van der Waals surface area contributed by atoms with E-state index in [1.54, 1.807) is 4.68 Å². The monoisotopic (exact) mass is 401 g/mol. The quantitative estimate of drug-likeness (QED) is 0.735. The first-order chi connectivity index (χ1) is 12.7. The van der Waals surface area contributed by atoms with Gasteiger partial charge < -0.3 is 9.29 Å². The van der Waals surface area contributed by atoms with Crippen LogP contribution in [-0.2, 0) is 24.6 Å². The minimum Gasteiger partial charge on any atom is -0.593 e. The van der Waals surface area contributed by atoms with Gasteiger partial charge in [0.05, 0.1) is 22.6 Å². The van der Waals surface area contributed by atoms with Gasteiger partial charge in [-0.15, -0.1) is 4.31 Å². The third-order valence-electron chi connectivity index (χ3n) is 4.74. The summed E-state index contributed by atoms with van der Waals surface area (Å²) in [6, 6.07) is 4.73. The molecule has 0 bridgehead atoms. The number of aromatic nitrogens is 2. The van der Waals surface area contributed by atoms with Crippen molar-refractivity contribution in [3.63, 3.8) is 0 Å². The van der Waals surface area contributed by atoms with Gasteiger partial charge in [-0.2, -0.15) is 18.3 Å². The molecule has 0 spiro atoms. The lowest BCUT2D eigenvalue weighted by Crippen LogP contribution is -2.42. The molecule has 0 aliphatic carbocycles. The SMILES string of the molecule is Cc1nn(C)c(C)c1[S+]([O-])N1CCC(Oc2ccc(C(F)(F)F)cc2)CC1. The molecule has 1 aromatic carbocycles. The van der Waals surface area contributed by atoms with E-state index in [2.05, 4.69) is 5.10 Å². The number of hydrogen-bond acceptors (Lipinski definition) is 4. The van der Waals surface area contributed by atoms with Gasteiger partial charge in [-0.25, -0.2) is 0 Å². The van der Waals surface area contributed by atoms with Gasteiger partial charge in [-0.3, -0.25) is 4.68 Å². The highest BCUT2D eigenvalue weighted by Crippen LogP contribution is 2.31. The highest BCUT2D eigenvalue weighted by molar-refractivity contribution is 7.89. The molecule has 0 N–H and O–H groups in total. The van der Waals surface area contributed by atoms with Crippen LogP contribution in [0.15, 0.2) is 29.2 Å². The number of aryl methyl sites for hydroxylation is 2. The number of ether oxygens (including phenoxy) is 1. The summed E-state index contributed by atoms with van der Waals surface area (Å²) in [7, 11) is 1.83. The van der Waals surface area contributed by atoms with Crippen molar-refractivity contribution >= 4 is 11.4 Å². The zero-order chi connectivity index (χ0) is 19.8. The summed E-state index contributed by atoms with van der Waals surface area (Å²) < 4.78 is 60.1. The summed E-state index contributed by atoms with van der Waals surface area (Å²) in [5.74, 6) is 0.418. The molecule has 0 amide bonds. The Morgan fingerprint density at radius 3 is 2.22 bits per heavy atom. The molecule has 2 heterocycles. The second kappa shape index (κ2) is 7.73. The van der Waals surface area contributed by atoms with Gasteiger partial charge in [0.15, 0.2) is 0 Å². The minimum absolute atomic E-state index is 0.105. The molecular formula is C18H22F3N3O2S. The van der Waals surface area contributed by atoms with E-state index in [-0.39, 0.29) is 6.10 Å². The number of nitrogens with zero attached hydrogens (tertiary/aromatic N) is 3. The van der Waals surface area contributed by atoms with Gasteiger partial charge in [-0.1, -0.05) is 0 Å². The van der Waals surface area contributed by atoms with Crippen LogP contribution >= 0.6 is 0 Å². The molecule has 1 aliphatic heterocycles. The normalized spacial score (nSPS) is 17.9. The van der Waals surface area contributed by atoms with Crippen molar-refractivity contribution in [2.45, 2.75) is 43.9 Å². The first-order valence-electron chi connectivity index (χ1n) is 8.67. The summed E-state index contributed by atoms with van der Waals surface area (Å²) in [5.41, 5.74) is 0.952. The average molecular weight is 401 g/mol. The zero-order valence-electron chi connectivity index (χ0n) is 15.4. The summed E-state index contributed by atoms with van der Waals surface area (Å²) in [5, 5.41) is 4.31. The molecule has 27 heavy (non-hydrogen) atoms. The first-order valence-corrected chi connectivity index (χ1v) is 9.78. The van der Waals surface area contributed by atoms with Crippen molar-refractivity contribution in [1.82, 2.24) is 14.1 Å².